The number of aliphatic hydroxyl groups excluding tert-OH is 3. The average Bonchev–Trinajstić information content (AvgIpc) is 2.27. The SMILES string of the molecule is Cc1ccc(CO)cc1C(O)C(O)CN. The molecular weight excluding hydrogens is 194 g/mol. The first-order valence-electron chi connectivity index (χ1n) is 4.86. The summed E-state index contributed by atoms with van der Waals surface area (Å²) >= 11 is 0. The summed E-state index contributed by atoms with van der Waals surface area (Å²) in [4.78, 5) is 0. The standard InChI is InChI=1S/C11H17NO3/c1-7-2-3-8(6-13)4-9(7)11(15)10(14)5-12/h2-4,10-11,13-15H,5-6,12H2,1H3. The number of nitrogens with two attached hydrogens (primary N) is 1. The van der Waals surface area contributed by atoms with E-state index in [1.807, 2.05) is 6.92 Å². The Kier molecular flexibility index (Phi) is 4.23. The van der Waals surface area contributed by atoms with E-state index in [1.165, 1.54) is 0 Å². The summed E-state index contributed by atoms with van der Waals surface area (Å²) in [6, 6.07) is 5.26. The molecule has 2 atom stereocenters. The summed E-state index contributed by atoms with van der Waals surface area (Å²) in [6.45, 7) is 1.76. The van der Waals surface area contributed by atoms with Gasteiger partial charge < -0.3 is 21.1 Å². The maximum Gasteiger partial charge on any atom is 0.106 e. The van der Waals surface area contributed by atoms with Crippen molar-refractivity contribution in [3.8, 4) is 0 Å². The quantitative estimate of drug-likeness (QED) is 0.557. The molecule has 5 N–H and O–H groups in total. The van der Waals surface area contributed by atoms with Crippen molar-refractivity contribution in [1.29, 1.82) is 0 Å². The van der Waals surface area contributed by atoms with Crippen LogP contribution in [0.5, 0.6) is 0 Å². The summed E-state index contributed by atoms with van der Waals surface area (Å²) in [5.74, 6) is 0. The van der Waals surface area contributed by atoms with Crippen LogP contribution in [0.25, 0.3) is 0 Å². The van der Waals surface area contributed by atoms with E-state index in [2.05, 4.69) is 0 Å². The van der Waals surface area contributed by atoms with Gasteiger partial charge in [-0.25, -0.2) is 0 Å². The van der Waals surface area contributed by atoms with E-state index < -0.39 is 12.2 Å². The maximum atomic E-state index is 9.78. The molecule has 0 aromatic heterocycles. The normalized spacial score (nSPS) is 15.0. The molecule has 0 aliphatic heterocycles. The molecule has 0 amide bonds. The van der Waals surface area contributed by atoms with E-state index >= 15 is 0 Å². The molecule has 4 nitrogen and oxygen atoms in total. The van der Waals surface area contributed by atoms with Crippen LogP contribution in [-0.4, -0.2) is 28.0 Å². The Morgan fingerprint density at radius 3 is 2.53 bits per heavy atom. The molecule has 84 valence electrons. The smallest absolute Gasteiger partial charge is 0.106 e. The number of aryl methyl sites for hydroxylation is 1. The Balaban J connectivity index is 3.01. The van der Waals surface area contributed by atoms with Gasteiger partial charge in [0.25, 0.3) is 0 Å². The largest absolute Gasteiger partial charge is 0.392 e. The Morgan fingerprint density at radius 1 is 1.33 bits per heavy atom. The third kappa shape index (κ3) is 2.76. The lowest BCUT2D eigenvalue weighted by molar-refractivity contribution is 0.0239. The molecule has 0 bridgehead atoms. The van der Waals surface area contributed by atoms with Crippen LogP contribution < -0.4 is 5.73 Å². The maximum absolute atomic E-state index is 9.78. The van der Waals surface area contributed by atoms with Gasteiger partial charge in [0.1, 0.15) is 6.10 Å². The van der Waals surface area contributed by atoms with Gasteiger partial charge in [0.15, 0.2) is 0 Å². The van der Waals surface area contributed by atoms with Gasteiger partial charge in [0, 0.05) is 6.54 Å². The highest BCUT2D eigenvalue weighted by molar-refractivity contribution is 5.33. The van der Waals surface area contributed by atoms with E-state index in [-0.39, 0.29) is 13.2 Å². The van der Waals surface area contributed by atoms with Gasteiger partial charge in [-0.3, -0.25) is 0 Å². The van der Waals surface area contributed by atoms with Crippen molar-refractivity contribution in [2.75, 3.05) is 6.54 Å². The molecule has 1 aromatic rings. The topological polar surface area (TPSA) is 86.7 Å². The van der Waals surface area contributed by atoms with Crippen molar-refractivity contribution in [3.63, 3.8) is 0 Å². The second-order valence-corrected chi connectivity index (χ2v) is 3.60. The van der Waals surface area contributed by atoms with Crippen LogP contribution in [0.3, 0.4) is 0 Å². The van der Waals surface area contributed by atoms with Crippen LogP contribution in [0.1, 0.15) is 22.8 Å². The van der Waals surface area contributed by atoms with Crippen LogP contribution in [0.4, 0.5) is 0 Å². The van der Waals surface area contributed by atoms with Crippen molar-refractivity contribution in [2.45, 2.75) is 25.7 Å². The lowest BCUT2D eigenvalue weighted by Gasteiger charge is -2.19. The molecule has 2 unspecified atom stereocenters. The van der Waals surface area contributed by atoms with E-state index in [0.29, 0.717) is 11.1 Å². The Labute approximate surface area is 89.0 Å². The molecule has 0 aliphatic rings. The fourth-order valence-corrected chi connectivity index (χ4v) is 1.44. The fourth-order valence-electron chi connectivity index (χ4n) is 1.44. The van der Waals surface area contributed by atoms with Gasteiger partial charge in [-0.15, -0.1) is 0 Å². The third-order valence-corrected chi connectivity index (χ3v) is 2.45. The second-order valence-electron chi connectivity index (χ2n) is 3.60. The summed E-state index contributed by atoms with van der Waals surface area (Å²) in [5, 5.41) is 28.2. The van der Waals surface area contributed by atoms with Gasteiger partial charge in [-0.05, 0) is 23.6 Å². The van der Waals surface area contributed by atoms with E-state index in [0.717, 1.165) is 5.56 Å². The predicted octanol–water partition coefficient (Wildman–Crippen LogP) is -0.160. The van der Waals surface area contributed by atoms with E-state index in [9.17, 15) is 10.2 Å². The molecule has 0 fully saturated rings. The monoisotopic (exact) mass is 211 g/mol. The van der Waals surface area contributed by atoms with Gasteiger partial charge in [0.2, 0.25) is 0 Å². The van der Waals surface area contributed by atoms with E-state index in [4.69, 9.17) is 10.8 Å². The molecule has 1 rings (SSSR count). The fraction of sp³-hybridized carbons (Fsp3) is 0.455. The molecule has 0 radical (unpaired) electrons. The number of benzene rings is 1. The average molecular weight is 211 g/mol. The van der Waals surface area contributed by atoms with Crippen LogP contribution in [-0.2, 0) is 6.61 Å². The van der Waals surface area contributed by atoms with Crippen molar-refractivity contribution in [3.05, 3.63) is 34.9 Å². The van der Waals surface area contributed by atoms with Gasteiger partial charge in [0.05, 0.1) is 12.7 Å². The highest BCUT2D eigenvalue weighted by Gasteiger charge is 2.18. The lowest BCUT2D eigenvalue weighted by Crippen LogP contribution is -2.27. The van der Waals surface area contributed by atoms with Crippen molar-refractivity contribution in [2.24, 2.45) is 5.73 Å². The highest BCUT2D eigenvalue weighted by Crippen LogP contribution is 2.21. The summed E-state index contributed by atoms with van der Waals surface area (Å²) < 4.78 is 0. The van der Waals surface area contributed by atoms with Gasteiger partial charge in [-0.2, -0.15) is 0 Å². The molecule has 15 heavy (non-hydrogen) atoms. The number of hydrogen-bond donors (Lipinski definition) is 4. The van der Waals surface area contributed by atoms with Crippen molar-refractivity contribution in [1.82, 2.24) is 0 Å². The molecule has 1 aromatic carbocycles. The predicted molar refractivity (Wildman–Crippen MR) is 57.1 cm³/mol. The Morgan fingerprint density at radius 2 is 2.00 bits per heavy atom. The minimum Gasteiger partial charge on any atom is -0.392 e. The first kappa shape index (κ1) is 12.1. The zero-order valence-corrected chi connectivity index (χ0v) is 8.72. The molecule has 0 spiro atoms. The minimum atomic E-state index is -0.999. The molecule has 0 saturated carbocycles. The third-order valence-electron chi connectivity index (χ3n) is 2.45. The lowest BCUT2D eigenvalue weighted by atomic mass is 9.97. The zero-order valence-electron chi connectivity index (χ0n) is 8.72. The molecule has 0 heterocycles. The first-order chi connectivity index (χ1) is 7.10. The van der Waals surface area contributed by atoms with Crippen LogP contribution >= 0.6 is 0 Å². The Bertz CT molecular complexity index is 328. The summed E-state index contributed by atoms with van der Waals surface area (Å²) in [6.07, 6.45) is -1.97. The first-order valence-corrected chi connectivity index (χ1v) is 4.86. The van der Waals surface area contributed by atoms with E-state index in [1.54, 1.807) is 18.2 Å². The molecule has 0 aliphatic carbocycles. The van der Waals surface area contributed by atoms with Crippen LogP contribution in [0.2, 0.25) is 0 Å². The summed E-state index contributed by atoms with van der Waals surface area (Å²) in [7, 11) is 0. The van der Waals surface area contributed by atoms with Crippen molar-refractivity contribution < 1.29 is 15.3 Å². The van der Waals surface area contributed by atoms with Gasteiger partial charge in [-0.1, -0.05) is 18.2 Å². The second kappa shape index (κ2) is 5.23. The summed E-state index contributed by atoms with van der Waals surface area (Å²) in [5.41, 5.74) is 7.46. The van der Waals surface area contributed by atoms with Gasteiger partial charge >= 0.3 is 0 Å². The number of hydrogen-bond acceptors (Lipinski definition) is 4. The number of aliphatic hydroxyl groups is 3. The Hall–Kier alpha value is -0.940. The zero-order chi connectivity index (χ0) is 11.4. The minimum absolute atomic E-state index is 0.00393. The molecule has 4 heteroatoms. The highest BCUT2D eigenvalue weighted by atomic mass is 16.3. The molecule has 0 saturated heterocycles. The van der Waals surface area contributed by atoms with Crippen molar-refractivity contribution >= 4 is 0 Å². The molecular formula is C11H17NO3. The van der Waals surface area contributed by atoms with Crippen LogP contribution in [0, 0.1) is 6.92 Å². The van der Waals surface area contributed by atoms with Crippen LogP contribution in [0.15, 0.2) is 18.2 Å². The number of rotatable bonds is 4.